The summed E-state index contributed by atoms with van der Waals surface area (Å²) in [7, 11) is 0. The molecule has 118 valence electrons. The average Bonchev–Trinajstić information content (AvgIpc) is 3.01. The lowest BCUT2D eigenvalue weighted by molar-refractivity contribution is -0.115. The number of rotatable bonds is 7. The van der Waals surface area contributed by atoms with Crippen molar-refractivity contribution in [1.29, 1.82) is 0 Å². The van der Waals surface area contributed by atoms with Gasteiger partial charge in [0.25, 0.3) is 0 Å². The lowest BCUT2D eigenvalue weighted by atomic mass is 10.1. The molecule has 2 aromatic rings. The van der Waals surface area contributed by atoms with Crippen LogP contribution >= 0.6 is 11.3 Å². The third-order valence-electron chi connectivity index (χ3n) is 3.51. The highest BCUT2D eigenvalue weighted by atomic mass is 32.1. The van der Waals surface area contributed by atoms with E-state index >= 15 is 0 Å². The maximum absolute atomic E-state index is 11.4. The third-order valence-corrected chi connectivity index (χ3v) is 4.55. The van der Waals surface area contributed by atoms with E-state index < -0.39 is 0 Å². The molecule has 2 rings (SSSR count). The fraction of sp³-hybridized carbons (Fsp3) is 0.412. The van der Waals surface area contributed by atoms with Gasteiger partial charge in [-0.05, 0) is 31.0 Å². The van der Waals surface area contributed by atoms with Gasteiger partial charge in [-0.15, -0.1) is 11.3 Å². The molecule has 0 aliphatic heterocycles. The van der Waals surface area contributed by atoms with Crippen molar-refractivity contribution in [2.45, 2.75) is 46.2 Å². The molecule has 1 amide bonds. The Hall–Kier alpha value is -1.72. The van der Waals surface area contributed by atoms with Gasteiger partial charge in [-0.3, -0.25) is 4.79 Å². The summed E-state index contributed by atoms with van der Waals surface area (Å²) in [6.45, 7) is 6.87. The van der Waals surface area contributed by atoms with Gasteiger partial charge in [0.15, 0.2) is 0 Å². The maximum Gasteiger partial charge on any atom is 0.224 e. The fourth-order valence-corrected chi connectivity index (χ4v) is 2.82. The van der Waals surface area contributed by atoms with Gasteiger partial charge in [0.2, 0.25) is 5.91 Å². The summed E-state index contributed by atoms with van der Waals surface area (Å²) in [5.41, 5.74) is 3.14. The van der Waals surface area contributed by atoms with Crippen LogP contribution in [0.2, 0.25) is 0 Å². The number of amides is 1. The first kappa shape index (κ1) is 16.6. The lowest BCUT2D eigenvalue weighted by Gasteiger charge is -2.14. The van der Waals surface area contributed by atoms with Gasteiger partial charge >= 0.3 is 0 Å². The van der Waals surface area contributed by atoms with Crippen molar-refractivity contribution in [3.63, 3.8) is 0 Å². The minimum absolute atomic E-state index is 0.0363. The average molecular weight is 317 g/mol. The number of hydrogen-bond acceptors (Lipinski definition) is 4. The molecule has 0 saturated carbocycles. The van der Waals surface area contributed by atoms with E-state index in [0.29, 0.717) is 6.42 Å². The second-order valence-electron chi connectivity index (χ2n) is 5.21. The molecule has 1 atom stereocenters. The van der Waals surface area contributed by atoms with Crippen LogP contribution in [-0.4, -0.2) is 10.9 Å². The van der Waals surface area contributed by atoms with Crippen molar-refractivity contribution in [2.75, 3.05) is 5.32 Å². The lowest BCUT2D eigenvalue weighted by Crippen LogP contribution is -2.18. The molecule has 0 spiro atoms. The Bertz CT molecular complexity index is 607. The van der Waals surface area contributed by atoms with E-state index in [0.717, 1.165) is 24.3 Å². The van der Waals surface area contributed by atoms with E-state index in [9.17, 15) is 4.79 Å². The van der Waals surface area contributed by atoms with Gasteiger partial charge in [0.05, 0.1) is 10.7 Å². The van der Waals surface area contributed by atoms with E-state index in [-0.39, 0.29) is 11.9 Å². The Kier molecular flexibility index (Phi) is 6.10. The van der Waals surface area contributed by atoms with Crippen LogP contribution in [0.1, 0.15) is 49.5 Å². The number of carbonyl (C=O) groups is 1. The summed E-state index contributed by atoms with van der Waals surface area (Å²) in [4.78, 5) is 15.9. The number of hydrogen-bond donors (Lipinski definition) is 2. The first-order chi connectivity index (χ1) is 10.6. The molecule has 0 aliphatic carbocycles. The van der Waals surface area contributed by atoms with E-state index in [1.54, 1.807) is 11.3 Å². The highest BCUT2D eigenvalue weighted by molar-refractivity contribution is 7.09. The van der Waals surface area contributed by atoms with Crippen molar-refractivity contribution in [2.24, 2.45) is 0 Å². The molecule has 0 fully saturated rings. The molecule has 0 aliphatic rings. The molecule has 0 bridgehead atoms. The minimum Gasteiger partial charge on any atom is -0.326 e. The van der Waals surface area contributed by atoms with Gasteiger partial charge in [0.1, 0.15) is 0 Å². The Morgan fingerprint density at radius 2 is 2.00 bits per heavy atom. The van der Waals surface area contributed by atoms with E-state index in [1.165, 1.54) is 10.6 Å². The van der Waals surface area contributed by atoms with Gasteiger partial charge in [-0.25, -0.2) is 4.98 Å². The molecule has 0 saturated heterocycles. The second-order valence-corrected chi connectivity index (χ2v) is 6.16. The van der Waals surface area contributed by atoms with Crippen LogP contribution in [0.15, 0.2) is 29.6 Å². The van der Waals surface area contributed by atoms with Crippen molar-refractivity contribution >= 4 is 22.9 Å². The molecule has 1 aromatic carbocycles. The fourth-order valence-electron chi connectivity index (χ4n) is 2.07. The highest BCUT2D eigenvalue weighted by Gasteiger charge is 2.07. The van der Waals surface area contributed by atoms with Crippen LogP contribution in [0.4, 0.5) is 5.69 Å². The van der Waals surface area contributed by atoms with Gasteiger partial charge in [-0.2, -0.15) is 0 Å². The van der Waals surface area contributed by atoms with Crippen LogP contribution in [-0.2, 0) is 17.8 Å². The summed E-state index contributed by atoms with van der Waals surface area (Å²) in [6, 6.07) is 8.21. The standard InChI is InChI=1S/C17H23N3OS/c1-4-16(21)19-14-8-6-13(7-9-14)12(3)18-10-15-11-22-17(5-2)20-15/h6-9,11-12,18H,4-5,10H2,1-3H3,(H,19,21). The van der Waals surface area contributed by atoms with Crippen LogP contribution in [0.25, 0.3) is 0 Å². The number of anilines is 1. The molecule has 1 aromatic heterocycles. The first-order valence-electron chi connectivity index (χ1n) is 7.68. The molecule has 5 heteroatoms. The Morgan fingerprint density at radius 3 is 2.59 bits per heavy atom. The SMILES string of the molecule is CCC(=O)Nc1ccc(C(C)NCc2csc(CC)n2)cc1. The van der Waals surface area contributed by atoms with Crippen LogP contribution in [0.3, 0.4) is 0 Å². The van der Waals surface area contributed by atoms with Crippen LogP contribution < -0.4 is 10.6 Å². The number of benzene rings is 1. The molecular formula is C17H23N3OS. The van der Waals surface area contributed by atoms with Crippen LogP contribution in [0, 0.1) is 0 Å². The predicted molar refractivity (Wildman–Crippen MR) is 92.1 cm³/mol. The van der Waals surface area contributed by atoms with Crippen molar-refractivity contribution in [3.8, 4) is 0 Å². The normalized spacial score (nSPS) is 12.1. The summed E-state index contributed by atoms with van der Waals surface area (Å²) < 4.78 is 0. The van der Waals surface area contributed by atoms with Crippen molar-refractivity contribution in [3.05, 3.63) is 45.9 Å². The molecular weight excluding hydrogens is 294 g/mol. The Morgan fingerprint density at radius 1 is 1.27 bits per heavy atom. The van der Waals surface area contributed by atoms with E-state index in [2.05, 4.69) is 34.8 Å². The number of aryl methyl sites for hydroxylation is 1. The third kappa shape index (κ3) is 4.64. The highest BCUT2D eigenvalue weighted by Crippen LogP contribution is 2.17. The number of carbonyl (C=O) groups excluding carboxylic acids is 1. The van der Waals surface area contributed by atoms with Crippen molar-refractivity contribution < 1.29 is 4.79 Å². The topological polar surface area (TPSA) is 54.0 Å². The largest absolute Gasteiger partial charge is 0.326 e. The summed E-state index contributed by atoms with van der Waals surface area (Å²) >= 11 is 1.72. The predicted octanol–water partition coefficient (Wildman–Crippen LogP) is 3.90. The molecule has 2 N–H and O–H groups in total. The Labute approximate surface area is 136 Å². The number of aromatic nitrogens is 1. The zero-order valence-electron chi connectivity index (χ0n) is 13.3. The zero-order valence-corrected chi connectivity index (χ0v) is 14.2. The Balaban J connectivity index is 1.89. The van der Waals surface area contributed by atoms with E-state index in [4.69, 9.17) is 0 Å². The summed E-state index contributed by atoms with van der Waals surface area (Å²) in [5.74, 6) is 0.0363. The second kappa shape index (κ2) is 8.06. The van der Waals surface area contributed by atoms with Gasteiger partial charge in [-0.1, -0.05) is 26.0 Å². The molecule has 4 nitrogen and oxygen atoms in total. The van der Waals surface area contributed by atoms with Crippen LogP contribution in [0.5, 0.6) is 0 Å². The van der Waals surface area contributed by atoms with E-state index in [1.807, 2.05) is 31.2 Å². The maximum atomic E-state index is 11.4. The zero-order chi connectivity index (χ0) is 15.9. The smallest absolute Gasteiger partial charge is 0.224 e. The molecule has 0 radical (unpaired) electrons. The first-order valence-corrected chi connectivity index (χ1v) is 8.56. The molecule has 22 heavy (non-hydrogen) atoms. The van der Waals surface area contributed by atoms with Gasteiger partial charge < -0.3 is 10.6 Å². The van der Waals surface area contributed by atoms with Gasteiger partial charge in [0, 0.05) is 30.1 Å². The molecule has 1 unspecified atom stereocenters. The summed E-state index contributed by atoms with van der Waals surface area (Å²) in [5, 5.41) is 9.63. The van der Waals surface area contributed by atoms with Crippen molar-refractivity contribution in [1.82, 2.24) is 10.3 Å². The number of nitrogens with one attached hydrogen (secondary N) is 2. The molecule has 1 heterocycles. The number of thiazole rings is 1. The number of nitrogens with zero attached hydrogens (tertiary/aromatic N) is 1. The quantitative estimate of drug-likeness (QED) is 0.814. The summed E-state index contributed by atoms with van der Waals surface area (Å²) in [6.07, 6.45) is 1.48. The monoisotopic (exact) mass is 317 g/mol. The minimum atomic E-state index is 0.0363.